The molecule has 2 atom stereocenters. The highest BCUT2D eigenvalue weighted by Gasteiger charge is 2.31. The lowest BCUT2D eigenvalue weighted by atomic mass is 9.94. The van der Waals surface area contributed by atoms with E-state index >= 15 is 0 Å². The Hall–Kier alpha value is -1.77. The zero-order valence-electron chi connectivity index (χ0n) is 16.0. The number of sulfonamides is 1. The van der Waals surface area contributed by atoms with Crippen LogP contribution in [0.1, 0.15) is 41.2 Å². The summed E-state index contributed by atoms with van der Waals surface area (Å²) in [6, 6.07) is 6.11. The summed E-state index contributed by atoms with van der Waals surface area (Å²) < 4.78 is 27.4. The van der Waals surface area contributed by atoms with Gasteiger partial charge in [0, 0.05) is 23.5 Å². The first-order valence-electron chi connectivity index (χ1n) is 9.02. The number of rotatable bonds is 4. The van der Waals surface area contributed by atoms with Crippen molar-refractivity contribution in [2.24, 2.45) is 11.8 Å². The fraction of sp³-hybridized carbons (Fsp3) is 0.474. The maximum atomic E-state index is 12.9. The fourth-order valence-corrected chi connectivity index (χ4v) is 5.91. The second-order valence-corrected chi connectivity index (χ2v) is 10.5. The van der Waals surface area contributed by atoms with Crippen LogP contribution >= 0.6 is 11.3 Å². The van der Waals surface area contributed by atoms with Gasteiger partial charge in [0.2, 0.25) is 10.0 Å². The standard InChI is InChI=1S/C19H25N3O3S2/c1-12-9-13(2)11-22(10-12)27(24,25)17-7-5-16(6-8-17)18(23)21-19-20-14(3)15(4)26-19/h5-8,12-13H,9-11H2,1-4H3,(H,20,21,23). The molecule has 1 fully saturated rings. The van der Waals surface area contributed by atoms with Crippen LogP contribution in [0.15, 0.2) is 29.2 Å². The Labute approximate surface area is 164 Å². The Morgan fingerprint density at radius 3 is 2.26 bits per heavy atom. The second kappa shape index (κ2) is 7.69. The van der Waals surface area contributed by atoms with Gasteiger partial charge >= 0.3 is 0 Å². The lowest BCUT2D eigenvalue weighted by Gasteiger charge is -2.34. The van der Waals surface area contributed by atoms with E-state index in [9.17, 15) is 13.2 Å². The molecule has 0 spiro atoms. The molecule has 0 bridgehead atoms. The summed E-state index contributed by atoms with van der Waals surface area (Å²) in [7, 11) is -3.54. The summed E-state index contributed by atoms with van der Waals surface area (Å²) in [5.41, 5.74) is 1.29. The molecule has 1 saturated heterocycles. The average molecular weight is 408 g/mol. The van der Waals surface area contributed by atoms with Crippen molar-refractivity contribution >= 4 is 32.4 Å². The van der Waals surface area contributed by atoms with Gasteiger partial charge in [-0.25, -0.2) is 13.4 Å². The minimum atomic E-state index is -3.54. The van der Waals surface area contributed by atoms with Crippen molar-refractivity contribution in [1.29, 1.82) is 0 Å². The van der Waals surface area contributed by atoms with Crippen molar-refractivity contribution in [3.05, 3.63) is 40.4 Å². The number of thiazole rings is 1. The van der Waals surface area contributed by atoms with Crippen LogP contribution in [0.5, 0.6) is 0 Å². The predicted molar refractivity (Wildman–Crippen MR) is 108 cm³/mol. The zero-order chi connectivity index (χ0) is 19.8. The van der Waals surface area contributed by atoms with Gasteiger partial charge in [-0.2, -0.15) is 4.31 Å². The number of hydrogen-bond donors (Lipinski definition) is 1. The van der Waals surface area contributed by atoms with Crippen molar-refractivity contribution in [2.75, 3.05) is 18.4 Å². The number of anilines is 1. The van der Waals surface area contributed by atoms with Gasteiger partial charge in [0.1, 0.15) is 0 Å². The molecule has 8 heteroatoms. The quantitative estimate of drug-likeness (QED) is 0.838. The van der Waals surface area contributed by atoms with Crippen LogP contribution in [0.3, 0.4) is 0 Å². The van der Waals surface area contributed by atoms with Crippen molar-refractivity contribution in [1.82, 2.24) is 9.29 Å². The van der Waals surface area contributed by atoms with Gasteiger partial charge in [-0.15, -0.1) is 11.3 Å². The topological polar surface area (TPSA) is 79.4 Å². The molecule has 1 amide bonds. The third-order valence-corrected chi connectivity index (χ3v) is 7.67. The number of carbonyl (C=O) groups excluding carboxylic acids is 1. The van der Waals surface area contributed by atoms with Gasteiger partial charge in [0.05, 0.1) is 10.6 Å². The number of hydrogen-bond acceptors (Lipinski definition) is 5. The lowest BCUT2D eigenvalue weighted by Crippen LogP contribution is -2.42. The maximum Gasteiger partial charge on any atom is 0.257 e. The third-order valence-electron chi connectivity index (χ3n) is 4.84. The van der Waals surface area contributed by atoms with Crippen LogP contribution in [0, 0.1) is 25.7 Å². The Morgan fingerprint density at radius 2 is 1.74 bits per heavy atom. The van der Waals surface area contributed by atoms with E-state index in [1.165, 1.54) is 23.5 Å². The van der Waals surface area contributed by atoms with Gasteiger partial charge in [-0.1, -0.05) is 13.8 Å². The van der Waals surface area contributed by atoms with Gasteiger partial charge in [-0.3, -0.25) is 10.1 Å². The molecule has 0 aliphatic carbocycles. The third kappa shape index (κ3) is 4.39. The molecule has 1 aromatic heterocycles. The Kier molecular flexibility index (Phi) is 5.69. The van der Waals surface area contributed by atoms with E-state index in [0.717, 1.165) is 17.0 Å². The molecule has 27 heavy (non-hydrogen) atoms. The number of amides is 1. The van der Waals surface area contributed by atoms with Crippen LogP contribution in [0.25, 0.3) is 0 Å². The molecule has 1 aromatic carbocycles. The molecule has 3 rings (SSSR count). The lowest BCUT2D eigenvalue weighted by molar-refractivity contribution is 0.102. The molecular formula is C19H25N3O3S2. The maximum absolute atomic E-state index is 12.9. The number of carbonyl (C=O) groups is 1. The number of nitrogens with one attached hydrogen (secondary N) is 1. The molecule has 2 aromatic rings. The highest BCUT2D eigenvalue weighted by atomic mass is 32.2. The van der Waals surface area contributed by atoms with Crippen molar-refractivity contribution in [3.8, 4) is 0 Å². The van der Waals surface area contributed by atoms with E-state index in [0.29, 0.717) is 35.6 Å². The molecule has 1 aliphatic rings. The van der Waals surface area contributed by atoms with Crippen LogP contribution in [-0.4, -0.2) is 36.7 Å². The summed E-state index contributed by atoms with van der Waals surface area (Å²) in [5, 5.41) is 3.31. The Morgan fingerprint density at radius 1 is 1.15 bits per heavy atom. The highest BCUT2D eigenvalue weighted by molar-refractivity contribution is 7.89. The molecular weight excluding hydrogens is 382 g/mol. The number of nitrogens with zero attached hydrogens (tertiary/aromatic N) is 2. The molecule has 0 radical (unpaired) electrons. The Bertz CT molecular complexity index is 906. The first-order valence-corrected chi connectivity index (χ1v) is 11.3. The molecule has 1 N–H and O–H groups in total. The number of aromatic nitrogens is 1. The van der Waals surface area contributed by atoms with E-state index in [2.05, 4.69) is 24.1 Å². The summed E-state index contributed by atoms with van der Waals surface area (Å²) in [6.45, 7) is 9.07. The first-order chi connectivity index (χ1) is 12.7. The fourth-order valence-electron chi connectivity index (χ4n) is 3.42. The van der Waals surface area contributed by atoms with Crippen LogP contribution in [0.2, 0.25) is 0 Å². The van der Waals surface area contributed by atoms with Crippen molar-refractivity contribution < 1.29 is 13.2 Å². The number of benzene rings is 1. The molecule has 0 saturated carbocycles. The van der Waals surface area contributed by atoms with E-state index in [1.54, 1.807) is 16.4 Å². The van der Waals surface area contributed by atoms with Crippen LogP contribution in [0.4, 0.5) is 5.13 Å². The van der Waals surface area contributed by atoms with E-state index < -0.39 is 10.0 Å². The summed E-state index contributed by atoms with van der Waals surface area (Å²) >= 11 is 1.42. The summed E-state index contributed by atoms with van der Waals surface area (Å²) in [6.07, 6.45) is 1.04. The van der Waals surface area contributed by atoms with Gasteiger partial charge < -0.3 is 0 Å². The molecule has 146 valence electrons. The molecule has 1 aliphatic heterocycles. The Balaban J connectivity index is 1.75. The van der Waals surface area contributed by atoms with E-state index in [-0.39, 0.29) is 10.8 Å². The molecule has 6 nitrogen and oxygen atoms in total. The van der Waals surface area contributed by atoms with Crippen molar-refractivity contribution in [3.63, 3.8) is 0 Å². The zero-order valence-corrected chi connectivity index (χ0v) is 17.7. The van der Waals surface area contributed by atoms with Crippen LogP contribution in [-0.2, 0) is 10.0 Å². The largest absolute Gasteiger partial charge is 0.298 e. The first kappa shape index (κ1) is 20.0. The minimum absolute atomic E-state index is 0.223. The summed E-state index contributed by atoms with van der Waals surface area (Å²) in [5.74, 6) is 0.394. The second-order valence-electron chi connectivity index (χ2n) is 7.41. The summed E-state index contributed by atoms with van der Waals surface area (Å²) in [4.78, 5) is 17.9. The van der Waals surface area contributed by atoms with Crippen LogP contribution < -0.4 is 5.32 Å². The van der Waals surface area contributed by atoms with E-state index in [1.807, 2.05) is 13.8 Å². The SMILES string of the molecule is Cc1nc(NC(=O)c2ccc(S(=O)(=O)N3CC(C)CC(C)C3)cc2)sc1C. The predicted octanol–water partition coefficient (Wildman–Crippen LogP) is 3.68. The minimum Gasteiger partial charge on any atom is -0.298 e. The van der Waals surface area contributed by atoms with Gasteiger partial charge in [0.25, 0.3) is 5.91 Å². The monoisotopic (exact) mass is 407 g/mol. The normalized spacial score (nSPS) is 21.2. The number of aryl methyl sites for hydroxylation is 2. The van der Waals surface area contributed by atoms with Crippen molar-refractivity contribution in [2.45, 2.75) is 39.0 Å². The van der Waals surface area contributed by atoms with E-state index in [4.69, 9.17) is 0 Å². The van der Waals surface area contributed by atoms with Gasteiger partial charge in [0.15, 0.2) is 5.13 Å². The average Bonchev–Trinajstić information content (AvgIpc) is 2.91. The molecule has 2 heterocycles. The smallest absolute Gasteiger partial charge is 0.257 e. The molecule has 2 unspecified atom stereocenters. The highest BCUT2D eigenvalue weighted by Crippen LogP contribution is 2.27. The van der Waals surface area contributed by atoms with Gasteiger partial charge in [-0.05, 0) is 56.4 Å². The number of piperidine rings is 1.